The van der Waals surface area contributed by atoms with Crippen LogP contribution in [-0.2, 0) is 0 Å². The molecule has 1 saturated heterocycles. The van der Waals surface area contributed by atoms with Crippen LogP contribution in [0.2, 0.25) is 0 Å². The Bertz CT molecular complexity index is 715. The van der Waals surface area contributed by atoms with Crippen LogP contribution >= 0.6 is 11.3 Å². The second-order valence-electron chi connectivity index (χ2n) is 6.92. The molecule has 2 aromatic heterocycles. The quantitative estimate of drug-likeness (QED) is 0.676. The molecule has 7 nitrogen and oxygen atoms in total. The van der Waals surface area contributed by atoms with E-state index in [9.17, 15) is 4.79 Å². The highest BCUT2D eigenvalue weighted by Crippen LogP contribution is 2.27. The predicted molar refractivity (Wildman–Crippen MR) is 110 cm³/mol. The zero-order valence-corrected chi connectivity index (χ0v) is 17.2. The van der Waals surface area contributed by atoms with Crippen molar-refractivity contribution in [2.24, 2.45) is 0 Å². The van der Waals surface area contributed by atoms with E-state index < -0.39 is 0 Å². The third kappa shape index (κ3) is 5.07. The van der Waals surface area contributed by atoms with Crippen molar-refractivity contribution in [1.29, 1.82) is 0 Å². The van der Waals surface area contributed by atoms with Crippen LogP contribution in [0, 0.1) is 0 Å². The van der Waals surface area contributed by atoms with E-state index in [1.807, 2.05) is 22.9 Å². The Morgan fingerprint density at radius 1 is 1.15 bits per heavy atom. The lowest BCUT2D eigenvalue weighted by Crippen LogP contribution is -2.36. The Kier molecular flexibility index (Phi) is 7.23. The average Bonchev–Trinajstić information content (AvgIpc) is 3.41. The summed E-state index contributed by atoms with van der Waals surface area (Å²) in [6.45, 7) is 10.1. The molecule has 0 unspecified atom stereocenters. The Morgan fingerprint density at radius 3 is 2.56 bits per heavy atom. The van der Waals surface area contributed by atoms with Crippen LogP contribution in [0.3, 0.4) is 0 Å². The number of carbonyl (C=O) groups is 1. The van der Waals surface area contributed by atoms with Gasteiger partial charge in [-0.1, -0.05) is 25.2 Å². The molecule has 8 heteroatoms. The fraction of sp³-hybridized carbons (Fsp3) is 0.632. The number of aromatic nitrogens is 3. The number of hydrogen-bond acceptors (Lipinski definition) is 6. The first-order valence-electron chi connectivity index (χ1n) is 9.99. The molecule has 0 spiro atoms. The summed E-state index contributed by atoms with van der Waals surface area (Å²) in [7, 11) is 0. The fourth-order valence-corrected chi connectivity index (χ4v) is 4.36. The minimum Gasteiger partial charge on any atom is -0.349 e. The number of nitrogens with one attached hydrogen (secondary N) is 1. The van der Waals surface area contributed by atoms with Gasteiger partial charge in [0.15, 0.2) is 0 Å². The van der Waals surface area contributed by atoms with Crippen molar-refractivity contribution < 1.29 is 4.79 Å². The zero-order valence-electron chi connectivity index (χ0n) is 16.4. The van der Waals surface area contributed by atoms with Gasteiger partial charge in [-0.05, 0) is 50.9 Å². The molecule has 2 aromatic rings. The molecule has 1 amide bonds. The van der Waals surface area contributed by atoms with E-state index >= 15 is 0 Å². The number of nitrogens with zero attached hydrogens (tertiary/aromatic N) is 5. The van der Waals surface area contributed by atoms with Gasteiger partial charge < -0.3 is 15.1 Å². The summed E-state index contributed by atoms with van der Waals surface area (Å²) in [4.78, 5) is 17.3. The molecule has 0 aliphatic carbocycles. The van der Waals surface area contributed by atoms with Gasteiger partial charge >= 0.3 is 0 Å². The number of hydrogen-bond donors (Lipinski definition) is 1. The molecule has 148 valence electrons. The van der Waals surface area contributed by atoms with Crippen molar-refractivity contribution in [2.75, 3.05) is 44.2 Å². The normalized spacial score (nSPS) is 14.3. The van der Waals surface area contributed by atoms with Crippen LogP contribution in [0.1, 0.15) is 50.0 Å². The lowest BCUT2D eigenvalue weighted by atomic mass is 10.3. The second kappa shape index (κ2) is 9.85. The van der Waals surface area contributed by atoms with Crippen LogP contribution in [-0.4, -0.2) is 64.8 Å². The maximum absolute atomic E-state index is 12.7. The Balaban J connectivity index is 1.60. The smallest absolute Gasteiger partial charge is 0.268 e. The summed E-state index contributed by atoms with van der Waals surface area (Å²) in [5, 5.41) is 13.4. The molecule has 27 heavy (non-hydrogen) atoms. The zero-order chi connectivity index (χ0) is 19.1. The summed E-state index contributed by atoms with van der Waals surface area (Å²) < 4.78 is 1.84. The molecule has 1 aliphatic rings. The highest BCUT2D eigenvalue weighted by atomic mass is 32.1. The number of anilines is 1. The maximum Gasteiger partial charge on any atom is 0.268 e. The fourth-order valence-electron chi connectivity index (χ4n) is 3.46. The molecule has 1 N–H and O–H groups in total. The molecule has 1 fully saturated rings. The first-order chi connectivity index (χ1) is 13.2. The van der Waals surface area contributed by atoms with Crippen molar-refractivity contribution in [3.05, 3.63) is 24.0 Å². The first kappa shape index (κ1) is 19.8. The largest absolute Gasteiger partial charge is 0.349 e. The monoisotopic (exact) mass is 390 g/mol. The van der Waals surface area contributed by atoms with Crippen molar-refractivity contribution in [3.8, 4) is 5.13 Å². The third-order valence-electron chi connectivity index (χ3n) is 4.76. The number of amides is 1. The average molecular weight is 391 g/mol. The minimum atomic E-state index is -0.0640. The van der Waals surface area contributed by atoms with E-state index in [-0.39, 0.29) is 5.91 Å². The van der Waals surface area contributed by atoms with Crippen molar-refractivity contribution >= 4 is 22.4 Å². The van der Waals surface area contributed by atoms with Crippen LogP contribution in [0.5, 0.6) is 0 Å². The SMILES string of the molecule is CCCN(CCC)CCNC(=O)c1cccn1-c1nnc(N2CCCC2)s1. The Hall–Kier alpha value is -1.93. The summed E-state index contributed by atoms with van der Waals surface area (Å²) in [5.74, 6) is -0.0640. The molecular formula is C19H30N6OS. The van der Waals surface area contributed by atoms with Crippen molar-refractivity contribution in [1.82, 2.24) is 25.0 Å². The van der Waals surface area contributed by atoms with Crippen LogP contribution in [0.25, 0.3) is 5.13 Å². The molecule has 1 aliphatic heterocycles. The molecule has 0 bridgehead atoms. The van der Waals surface area contributed by atoms with Gasteiger partial charge in [-0.2, -0.15) is 0 Å². The highest BCUT2D eigenvalue weighted by molar-refractivity contribution is 7.17. The van der Waals surface area contributed by atoms with Gasteiger partial charge in [-0.25, -0.2) is 0 Å². The molecule has 0 radical (unpaired) electrons. The van der Waals surface area contributed by atoms with E-state index in [0.29, 0.717) is 12.2 Å². The summed E-state index contributed by atoms with van der Waals surface area (Å²) in [6.07, 6.45) is 6.56. The number of carbonyl (C=O) groups excluding carboxylic acids is 1. The van der Waals surface area contributed by atoms with E-state index in [2.05, 4.69) is 39.2 Å². The van der Waals surface area contributed by atoms with Crippen LogP contribution in [0.4, 0.5) is 5.13 Å². The molecule has 0 atom stereocenters. The van der Waals surface area contributed by atoms with Crippen molar-refractivity contribution in [3.63, 3.8) is 0 Å². The van der Waals surface area contributed by atoms with Crippen LogP contribution < -0.4 is 10.2 Å². The van der Waals surface area contributed by atoms with Gasteiger partial charge in [0, 0.05) is 32.4 Å². The van der Waals surface area contributed by atoms with Gasteiger partial charge in [0.2, 0.25) is 10.3 Å². The Morgan fingerprint density at radius 2 is 1.85 bits per heavy atom. The van der Waals surface area contributed by atoms with Gasteiger partial charge in [0.25, 0.3) is 5.91 Å². The van der Waals surface area contributed by atoms with E-state index in [1.54, 1.807) is 0 Å². The van der Waals surface area contributed by atoms with E-state index in [1.165, 1.54) is 24.2 Å². The molecule has 3 heterocycles. The van der Waals surface area contributed by atoms with E-state index in [0.717, 1.165) is 55.8 Å². The van der Waals surface area contributed by atoms with Gasteiger partial charge in [0.1, 0.15) is 5.69 Å². The molecule has 0 saturated carbocycles. The number of rotatable bonds is 10. The lowest BCUT2D eigenvalue weighted by molar-refractivity contribution is 0.0941. The summed E-state index contributed by atoms with van der Waals surface area (Å²) >= 11 is 1.54. The minimum absolute atomic E-state index is 0.0640. The molecular weight excluding hydrogens is 360 g/mol. The standard InChI is InChI=1S/C19H30N6OS/c1-3-10-23(11-4-2)15-9-20-17(26)16-8-7-14-25(16)19-22-21-18(27-19)24-12-5-6-13-24/h7-8,14H,3-6,9-13,15H2,1-2H3,(H,20,26). The lowest BCUT2D eigenvalue weighted by Gasteiger charge is -2.20. The van der Waals surface area contributed by atoms with E-state index in [4.69, 9.17) is 0 Å². The predicted octanol–water partition coefficient (Wildman–Crippen LogP) is 2.78. The highest BCUT2D eigenvalue weighted by Gasteiger charge is 2.19. The third-order valence-corrected chi connectivity index (χ3v) is 5.74. The first-order valence-corrected chi connectivity index (χ1v) is 10.8. The molecule has 0 aromatic carbocycles. The summed E-state index contributed by atoms with van der Waals surface area (Å²) in [5.41, 5.74) is 0.608. The van der Waals surface area contributed by atoms with Gasteiger partial charge in [-0.15, -0.1) is 10.2 Å². The van der Waals surface area contributed by atoms with Crippen molar-refractivity contribution in [2.45, 2.75) is 39.5 Å². The molecule has 3 rings (SSSR count). The Labute approximate surface area is 165 Å². The maximum atomic E-state index is 12.7. The summed E-state index contributed by atoms with van der Waals surface area (Å²) in [6, 6.07) is 3.72. The second-order valence-corrected chi connectivity index (χ2v) is 7.86. The topological polar surface area (TPSA) is 66.3 Å². The van der Waals surface area contributed by atoms with Gasteiger partial charge in [0.05, 0.1) is 0 Å². The van der Waals surface area contributed by atoms with Gasteiger partial charge in [-0.3, -0.25) is 9.36 Å². The van der Waals surface area contributed by atoms with Crippen LogP contribution in [0.15, 0.2) is 18.3 Å².